The van der Waals surface area contributed by atoms with Crippen molar-refractivity contribution in [3.63, 3.8) is 0 Å². The third-order valence-electron chi connectivity index (χ3n) is 2.14. The molecule has 1 aromatic heterocycles. The lowest BCUT2D eigenvalue weighted by Crippen LogP contribution is -2.19. The fraction of sp³-hybridized carbons (Fsp3) is 0.200. The van der Waals surface area contributed by atoms with Crippen LogP contribution in [0.25, 0.3) is 5.69 Å². The maximum atomic E-state index is 8.97. The number of benzene rings is 1. The van der Waals surface area contributed by atoms with Crippen molar-refractivity contribution in [2.45, 2.75) is 6.04 Å². The minimum atomic E-state index is -0.507. The van der Waals surface area contributed by atoms with Gasteiger partial charge in [-0.25, -0.2) is 0 Å². The molecule has 3 N–H and O–H groups in total. The van der Waals surface area contributed by atoms with Gasteiger partial charge in [0.15, 0.2) is 5.82 Å². The Hall–Kier alpha value is -1.72. The maximum absolute atomic E-state index is 8.97. The van der Waals surface area contributed by atoms with Gasteiger partial charge in [0.2, 0.25) is 0 Å². The molecule has 5 heteroatoms. The summed E-state index contributed by atoms with van der Waals surface area (Å²) in [6.07, 6.45) is 1.58. The Bertz CT molecular complexity index is 426. The van der Waals surface area contributed by atoms with Crippen LogP contribution in [0.3, 0.4) is 0 Å². The van der Waals surface area contributed by atoms with E-state index in [0.717, 1.165) is 5.69 Å². The van der Waals surface area contributed by atoms with Crippen LogP contribution >= 0.6 is 0 Å². The Kier molecular flexibility index (Phi) is 2.75. The van der Waals surface area contributed by atoms with Crippen LogP contribution in [0.4, 0.5) is 0 Å². The molecule has 0 aliphatic heterocycles. The van der Waals surface area contributed by atoms with Crippen molar-refractivity contribution in [3.05, 3.63) is 42.5 Å². The summed E-state index contributed by atoms with van der Waals surface area (Å²) in [6, 6.07) is 9.12. The minimum absolute atomic E-state index is 0.147. The van der Waals surface area contributed by atoms with Crippen LogP contribution in [0.15, 0.2) is 36.7 Å². The van der Waals surface area contributed by atoms with Crippen molar-refractivity contribution < 1.29 is 5.11 Å². The predicted octanol–water partition coefficient (Wildman–Crippen LogP) is 0.259. The second-order valence-electron chi connectivity index (χ2n) is 3.18. The number of aliphatic hydroxyl groups excluding tert-OH is 1. The molecule has 2 aromatic rings. The summed E-state index contributed by atoms with van der Waals surface area (Å²) < 4.78 is 1.76. The van der Waals surface area contributed by atoms with Gasteiger partial charge in [-0.05, 0) is 12.1 Å². The first-order valence-corrected chi connectivity index (χ1v) is 4.64. The summed E-state index contributed by atoms with van der Waals surface area (Å²) >= 11 is 0. The molecule has 0 radical (unpaired) electrons. The van der Waals surface area contributed by atoms with Gasteiger partial charge in [-0.15, -0.1) is 10.2 Å². The highest BCUT2D eigenvalue weighted by Crippen LogP contribution is 2.12. The maximum Gasteiger partial charge on any atom is 0.156 e. The number of nitrogens with two attached hydrogens (primary N) is 1. The Morgan fingerprint density at radius 1 is 1.33 bits per heavy atom. The summed E-state index contributed by atoms with van der Waals surface area (Å²) in [5, 5.41) is 16.7. The average molecular weight is 204 g/mol. The average Bonchev–Trinajstić information content (AvgIpc) is 2.78. The summed E-state index contributed by atoms with van der Waals surface area (Å²) in [5.41, 5.74) is 6.64. The zero-order chi connectivity index (χ0) is 10.7. The van der Waals surface area contributed by atoms with Gasteiger partial charge in [0.1, 0.15) is 6.33 Å². The van der Waals surface area contributed by atoms with Gasteiger partial charge in [0, 0.05) is 5.69 Å². The molecular weight excluding hydrogens is 192 g/mol. The first-order chi connectivity index (χ1) is 7.33. The highest BCUT2D eigenvalue weighted by atomic mass is 16.3. The number of aliphatic hydroxyl groups is 1. The van der Waals surface area contributed by atoms with Gasteiger partial charge in [0.05, 0.1) is 12.6 Å². The van der Waals surface area contributed by atoms with E-state index in [1.54, 1.807) is 10.9 Å². The lowest BCUT2D eigenvalue weighted by Gasteiger charge is -2.09. The fourth-order valence-electron chi connectivity index (χ4n) is 1.37. The quantitative estimate of drug-likeness (QED) is 0.751. The molecule has 0 fully saturated rings. The smallest absolute Gasteiger partial charge is 0.156 e. The lowest BCUT2D eigenvalue weighted by atomic mass is 10.3. The normalized spacial score (nSPS) is 12.7. The lowest BCUT2D eigenvalue weighted by molar-refractivity contribution is 0.262. The molecule has 0 amide bonds. The van der Waals surface area contributed by atoms with Gasteiger partial charge in [-0.3, -0.25) is 4.57 Å². The summed E-state index contributed by atoms with van der Waals surface area (Å²) in [4.78, 5) is 0. The second-order valence-corrected chi connectivity index (χ2v) is 3.18. The van der Waals surface area contributed by atoms with Crippen molar-refractivity contribution in [1.29, 1.82) is 0 Å². The first-order valence-electron chi connectivity index (χ1n) is 4.64. The molecule has 0 spiro atoms. The van der Waals surface area contributed by atoms with Crippen LogP contribution in [-0.4, -0.2) is 26.5 Å². The zero-order valence-corrected chi connectivity index (χ0v) is 8.11. The van der Waals surface area contributed by atoms with E-state index in [1.807, 2.05) is 30.3 Å². The molecule has 5 nitrogen and oxygen atoms in total. The van der Waals surface area contributed by atoms with Gasteiger partial charge >= 0.3 is 0 Å². The molecule has 2 rings (SSSR count). The molecule has 0 aliphatic rings. The van der Waals surface area contributed by atoms with Crippen molar-refractivity contribution in [2.75, 3.05) is 6.61 Å². The molecule has 1 heterocycles. The van der Waals surface area contributed by atoms with Crippen molar-refractivity contribution in [2.24, 2.45) is 5.73 Å². The van der Waals surface area contributed by atoms with E-state index >= 15 is 0 Å². The molecule has 0 saturated heterocycles. The Morgan fingerprint density at radius 2 is 2.07 bits per heavy atom. The van der Waals surface area contributed by atoms with Crippen LogP contribution in [0.1, 0.15) is 11.9 Å². The first kappa shape index (κ1) is 9.82. The predicted molar refractivity (Wildman–Crippen MR) is 55.4 cm³/mol. The molecule has 1 atom stereocenters. The van der Waals surface area contributed by atoms with Crippen LogP contribution in [0.5, 0.6) is 0 Å². The standard InChI is InChI=1S/C10H12N4O/c11-9(6-15)10-13-12-7-14(10)8-4-2-1-3-5-8/h1-5,7,9,15H,6,11H2. The van der Waals surface area contributed by atoms with E-state index in [2.05, 4.69) is 10.2 Å². The zero-order valence-electron chi connectivity index (χ0n) is 8.11. The van der Waals surface area contributed by atoms with Crippen LogP contribution in [0, 0.1) is 0 Å². The second kappa shape index (κ2) is 4.20. The van der Waals surface area contributed by atoms with Crippen molar-refractivity contribution in [1.82, 2.24) is 14.8 Å². The van der Waals surface area contributed by atoms with Crippen molar-refractivity contribution in [3.8, 4) is 5.69 Å². The van der Waals surface area contributed by atoms with Crippen molar-refractivity contribution >= 4 is 0 Å². The van der Waals surface area contributed by atoms with E-state index in [1.165, 1.54) is 0 Å². The summed E-state index contributed by atoms with van der Waals surface area (Å²) in [6.45, 7) is -0.147. The van der Waals surface area contributed by atoms with Crippen LogP contribution in [-0.2, 0) is 0 Å². The molecule has 15 heavy (non-hydrogen) atoms. The Labute approximate surface area is 87.2 Å². The number of aromatic nitrogens is 3. The summed E-state index contributed by atoms with van der Waals surface area (Å²) in [5.74, 6) is 0.559. The Morgan fingerprint density at radius 3 is 2.73 bits per heavy atom. The third kappa shape index (κ3) is 1.88. The Balaban J connectivity index is 2.41. The molecule has 0 aliphatic carbocycles. The SMILES string of the molecule is NC(CO)c1nncn1-c1ccccc1. The molecule has 0 saturated carbocycles. The highest BCUT2D eigenvalue weighted by molar-refractivity contribution is 5.32. The van der Waals surface area contributed by atoms with Gasteiger partial charge in [-0.2, -0.15) is 0 Å². The van der Waals surface area contributed by atoms with E-state index in [9.17, 15) is 0 Å². The summed E-state index contributed by atoms with van der Waals surface area (Å²) in [7, 11) is 0. The number of rotatable bonds is 3. The molecule has 1 aromatic carbocycles. The van der Waals surface area contributed by atoms with E-state index in [-0.39, 0.29) is 6.61 Å². The topological polar surface area (TPSA) is 77.0 Å². The number of nitrogens with zero attached hydrogens (tertiary/aromatic N) is 3. The fourth-order valence-corrected chi connectivity index (χ4v) is 1.37. The molecule has 78 valence electrons. The van der Waals surface area contributed by atoms with Gasteiger partial charge in [-0.1, -0.05) is 18.2 Å². The van der Waals surface area contributed by atoms with Crippen LogP contribution < -0.4 is 5.73 Å². The monoisotopic (exact) mass is 204 g/mol. The number of hydrogen-bond acceptors (Lipinski definition) is 4. The number of para-hydroxylation sites is 1. The molecule has 0 bridgehead atoms. The van der Waals surface area contributed by atoms with Crippen LogP contribution in [0.2, 0.25) is 0 Å². The van der Waals surface area contributed by atoms with Gasteiger partial charge < -0.3 is 10.8 Å². The minimum Gasteiger partial charge on any atom is -0.394 e. The van der Waals surface area contributed by atoms with E-state index in [4.69, 9.17) is 10.8 Å². The number of hydrogen-bond donors (Lipinski definition) is 2. The third-order valence-corrected chi connectivity index (χ3v) is 2.14. The van der Waals surface area contributed by atoms with E-state index < -0.39 is 6.04 Å². The molecular formula is C10H12N4O. The molecule has 1 unspecified atom stereocenters. The largest absolute Gasteiger partial charge is 0.394 e. The highest BCUT2D eigenvalue weighted by Gasteiger charge is 2.13. The van der Waals surface area contributed by atoms with E-state index in [0.29, 0.717) is 5.82 Å². The van der Waals surface area contributed by atoms with Gasteiger partial charge in [0.25, 0.3) is 0 Å².